The number of hydrogen-bond donors (Lipinski definition) is 2. The Bertz CT molecular complexity index is 58.9. The van der Waals surface area contributed by atoms with Crippen molar-refractivity contribution < 1.29 is 0 Å². The molecule has 76 valence electrons. The molecule has 0 amide bonds. The minimum atomic E-state index is 0.774. The highest BCUT2D eigenvalue weighted by Crippen LogP contribution is 1.99. The molecule has 12 heavy (non-hydrogen) atoms. The lowest BCUT2D eigenvalue weighted by atomic mass is 10.1. The fourth-order valence-electron chi connectivity index (χ4n) is 1.11. The van der Waals surface area contributed by atoms with Gasteiger partial charge in [0.25, 0.3) is 0 Å². The van der Waals surface area contributed by atoms with E-state index in [1.165, 1.54) is 25.9 Å². The molecule has 0 aromatic rings. The van der Waals surface area contributed by atoms with Crippen LogP contribution in [0.5, 0.6) is 0 Å². The summed E-state index contributed by atoms with van der Waals surface area (Å²) in [5, 5.41) is 6.57. The van der Waals surface area contributed by atoms with Crippen molar-refractivity contribution in [2.24, 2.45) is 0 Å². The predicted molar refractivity (Wildman–Crippen MR) is 57.6 cm³/mol. The summed E-state index contributed by atoms with van der Waals surface area (Å²) in [6.45, 7) is 10.4. The minimum Gasteiger partial charge on any atom is -0.317 e. The third-order valence-corrected chi connectivity index (χ3v) is 1.75. The Morgan fingerprint density at radius 1 is 1.00 bits per heavy atom. The van der Waals surface area contributed by atoms with Gasteiger partial charge in [0.05, 0.1) is 0 Å². The average molecular weight is 174 g/mol. The molecule has 0 unspecified atom stereocenters. The first-order chi connectivity index (χ1) is 5.93. The Labute approximate surface area is 78.1 Å². The number of hydrogen-bond acceptors (Lipinski definition) is 2. The van der Waals surface area contributed by atoms with E-state index in [1.807, 2.05) is 34.7 Å². The lowest BCUT2D eigenvalue weighted by molar-refractivity contribution is 0.409. The monoisotopic (exact) mass is 174 g/mol. The van der Waals surface area contributed by atoms with Crippen LogP contribution in [0.3, 0.4) is 0 Å². The summed E-state index contributed by atoms with van der Waals surface area (Å²) in [5.74, 6) is 0. The molecule has 0 aromatic carbocycles. The van der Waals surface area contributed by atoms with Crippen molar-refractivity contribution in [3.63, 3.8) is 0 Å². The Balaban J connectivity index is 0. The van der Waals surface area contributed by atoms with E-state index in [-0.39, 0.29) is 0 Å². The van der Waals surface area contributed by atoms with Crippen LogP contribution in [-0.4, -0.2) is 26.2 Å². The minimum absolute atomic E-state index is 0.774. The molecule has 1 aliphatic rings. The molecule has 1 rings (SSSR count). The van der Waals surface area contributed by atoms with Gasteiger partial charge >= 0.3 is 0 Å². The third-order valence-electron chi connectivity index (χ3n) is 1.75. The summed E-state index contributed by atoms with van der Waals surface area (Å²) in [4.78, 5) is 0. The summed E-state index contributed by atoms with van der Waals surface area (Å²) in [6, 6.07) is 0.774. The van der Waals surface area contributed by atoms with Crippen LogP contribution in [0.1, 0.15) is 40.5 Å². The van der Waals surface area contributed by atoms with E-state index in [4.69, 9.17) is 0 Å². The highest BCUT2D eigenvalue weighted by molar-refractivity contribution is 4.71. The lowest BCUT2D eigenvalue weighted by Gasteiger charge is -2.21. The second-order valence-electron chi connectivity index (χ2n) is 2.31. The zero-order chi connectivity index (χ0) is 9.82. The second kappa shape index (κ2) is 13.5. The van der Waals surface area contributed by atoms with Crippen molar-refractivity contribution in [2.45, 2.75) is 46.6 Å². The Morgan fingerprint density at radius 2 is 1.42 bits per heavy atom. The molecule has 0 saturated carbocycles. The van der Waals surface area contributed by atoms with Crippen LogP contribution in [0.15, 0.2) is 0 Å². The van der Waals surface area contributed by atoms with Crippen molar-refractivity contribution in [2.75, 3.05) is 20.1 Å². The van der Waals surface area contributed by atoms with Gasteiger partial charge in [-0.15, -0.1) is 0 Å². The van der Waals surface area contributed by atoms with Crippen LogP contribution in [0.4, 0.5) is 0 Å². The first-order valence-electron chi connectivity index (χ1n) is 5.31. The van der Waals surface area contributed by atoms with Gasteiger partial charge in [-0.2, -0.15) is 0 Å². The molecule has 1 heterocycles. The molecule has 1 fully saturated rings. The zero-order valence-corrected chi connectivity index (χ0v) is 9.41. The average Bonchev–Trinajstić information content (AvgIpc) is 2.25. The molecule has 0 aliphatic carbocycles. The molecule has 0 radical (unpaired) electrons. The van der Waals surface area contributed by atoms with Gasteiger partial charge in [0.1, 0.15) is 0 Å². The van der Waals surface area contributed by atoms with Crippen LogP contribution in [0, 0.1) is 0 Å². The topological polar surface area (TPSA) is 24.1 Å². The summed E-state index contributed by atoms with van der Waals surface area (Å²) < 4.78 is 0. The van der Waals surface area contributed by atoms with E-state index in [1.54, 1.807) is 0 Å². The van der Waals surface area contributed by atoms with Crippen LogP contribution in [-0.2, 0) is 0 Å². The maximum Gasteiger partial charge on any atom is 0.00882 e. The fourth-order valence-corrected chi connectivity index (χ4v) is 1.11. The largest absolute Gasteiger partial charge is 0.317 e. The lowest BCUT2D eigenvalue weighted by Crippen LogP contribution is -2.37. The highest BCUT2D eigenvalue weighted by Gasteiger charge is 2.08. The summed E-state index contributed by atoms with van der Waals surface area (Å²) in [7, 11) is 2.04. The Morgan fingerprint density at radius 3 is 1.67 bits per heavy atom. The maximum atomic E-state index is 3.31. The molecule has 0 bridgehead atoms. The SMILES string of the molecule is CC.CC.CNC1CCNCC1. The third kappa shape index (κ3) is 8.02. The van der Waals surface area contributed by atoms with Crippen molar-refractivity contribution >= 4 is 0 Å². The molecular weight excluding hydrogens is 148 g/mol. The van der Waals surface area contributed by atoms with Crippen molar-refractivity contribution in [3.8, 4) is 0 Å². The van der Waals surface area contributed by atoms with Gasteiger partial charge in [0.15, 0.2) is 0 Å². The highest BCUT2D eigenvalue weighted by atomic mass is 14.9. The summed E-state index contributed by atoms with van der Waals surface area (Å²) >= 11 is 0. The van der Waals surface area contributed by atoms with Crippen molar-refractivity contribution in [3.05, 3.63) is 0 Å². The van der Waals surface area contributed by atoms with Crippen LogP contribution in [0.25, 0.3) is 0 Å². The molecule has 2 nitrogen and oxygen atoms in total. The van der Waals surface area contributed by atoms with Crippen LogP contribution < -0.4 is 10.6 Å². The number of nitrogens with one attached hydrogen (secondary N) is 2. The van der Waals surface area contributed by atoms with E-state index >= 15 is 0 Å². The smallest absolute Gasteiger partial charge is 0.00882 e. The van der Waals surface area contributed by atoms with Gasteiger partial charge in [0, 0.05) is 6.04 Å². The first kappa shape index (κ1) is 14.4. The zero-order valence-electron chi connectivity index (χ0n) is 9.41. The van der Waals surface area contributed by atoms with E-state index in [0.29, 0.717) is 0 Å². The van der Waals surface area contributed by atoms with Crippen LogP contribution in [0.2, 0.25) is 0 Å². The van der Waals surface area contributed by atoms with Gasteiger partial charge in [-0.05, 0) is 33.0 Å². The maximum absolute atomic E-state index is 3.31. The van der Waals surface area contributed by atoms with E-state index < -0.39 is 0 Å². The van der Waals surface area contributed by atoms with Gasteiger partial charge in [-0.25, -0.2) is 0 Å². The predicted octanol–water partition coefficient (Wildman–Crippen LogP) is 2.01. The van der Waals surface area contributed by atoms with E-state index in [9.17, 15) is 0 Å². The van der Waals surface area contributed by atoms with Crippen molar-refractivity contribution in [1.29, 1.82) is 0 Å². The molecule has 1 aliphatic heterocycles. The molecular formula is C10H26N2. The van der Waals surface area contributed by atoms with Gasteiger partial charge in [0.2, 0.25) is 0 Å². The first-order valence-corrected chi connectivity index (χ1v) is 5.31. The molecule has 1 saturated heterocycles. The van der Waals surface area contributed by atoms with Gasteiger partial charge in [-0.3, -0.25) is 0 Å². The fraction of sp³-hybridized carbons (Fsp3) is 1.00. The Kier molecular flexibility index (Phi) is 16.3. The van der Waals surface area contributed by atoms with Crippen molar-refractivity contribution in [1.82, 2.24) is 10.6 Å². The quantitative estimate of drug-likeness (QED) is 0.635. The second-order valence-corrected chi connectivity index (χ2v) is 2.31. The molecule has 2 N–H and O–H groups in total. The Hall–Kier alpha value is -0.0800. The summed E-state index contributed by atoms with van der Waals surface area (Å²) in [6.07, 6.45) is 2.58. The molecule has 2 heteroatoms. The van der Waals surface area contributed by atoms with Gasteiger partial charge < -0.3 is 10.6 Å². The molecule has 0 spiro atoms. The standard InChI is InChI=1S/C6H14N2.2C2H6/c1-7-6-2-4-8-5-3-6;2*1-2/h6-8H,2-5H2,1H3;2*1-2H3. The normalized spacial score (nSPS) is 16.8. The number of piperidine rings is 1. The number of rotatable bonds is 1. The van der Waals surface area contributed by atoms with E-state index in [0.717, 1.165) is 6.04 Å². The van der Waals surface area contributed by atoms with Gasteiger partial charge in [-0.1, -0.05) is 27.7 Å². The molecule has 0 aromatic heterocycles. The van der Waals surface area contributed by atoms with Crippen LogP contribution >= 0.6 is 0 Å². The molecule has 0 atom stereocenters. The van der Waals surface area contributed by atoms with E-state index in [2.05, 4.69) is 10.6 Å². The summed E-state index contributed by atoms with van der Waals surface area (Å²) in [5.41, 5.74) is 0.